The summed E-state index contributed by atoms with van der Waals surface area (Å²) in [5.41, 5.74) is -1.28. The van der Waals surface area contributed by atoms with Crippen LogP contribution >= 0.6 is 0 Å². The van der Waals surface area contributed by atoms with Gasteiger partial charge in [0.25, 0.3) is 5.91 Å². The van der Waals surface area contributed by atoms with E-state index in [-0.39, 0.29) is 37.4 Å². The number of amides is 3. The second kappa shape index (κ2) is 11.4. The monoisotopic (exact) mass is 559 g/mol. The lowest BCUT2D eigenvalue weighted by molar-refractivity contribution is -0.151. The fourth-order valence-corrected chi connectivity index (χ4v) is 7.58. The molecule has 0 saturated carbocycles. The highest BCUT2D eigenvalue weighted by Gasteiger charge is 2.79. The zero-order valence-corrected chi connectivity index (χ0v) is 24.1. The molecule has 41 heavy (non-hydrogen) atoms. The Labute approximate surface area is 242 Å². The molecule has 3 heterocycles. The van der Waals surface area contributed by atoms with E-state index in [1.165, 1.54) is 4.90 Å². The maximum atomic E-state index is 14.7. The lowest BCUT2D eigenvalue weighted by Gasteiger charge is -2.37. The van der Waals surface area contributed by atoms with Crippen molar-refractivity contribution in [1.82, 2.24) is 9.80 Å². The molecule has 2 aromatic carbocycles. The molecule has 3 amide bonds. The third-order valence-electron chi connectivity index (χ3n) is 9.30. The van der Waals surface area contributed by atoms with Crippen LogP contribution in [0, 0.1) is 11.8 Å². The topological polar surface area (TPSA) is 90.4 Å². The molecule has 5 rings (SSSR count). The number of aliphatic hydroxyl groups is 1. The zero-order valence-electron chi connectivity index (χ0n) is 24.1. The van der Waals surface area contributed by atoms with Gasteiger partial charge in [-0.05, 0) is 48.6 Å². The molecule has 0 radical (unpaired) electrons. The fourth-order valence-electron chi connectivity index (χ4n) is 7.58. The summed E-state index contributed by atoms with van der Waals surface area (Å²) in [5.74, 6) is -2.20. The SMILES string of the molecule is C=CCN(CCC)C(=O)[C@@H]1[C@H]2C(=O)N(CCO)C(C(=O)N(CC=C)c3ccc4ccccc4c3)C23CC[C@@]1(CC)O3. The number of hydrogen-bond donors (Lipinski definition) is 1. The third-order valence-corrected chi connectivity index (χ3v) is 9.30. The molecular formula is C33H41N3O5. The summed E-state index contributed by atoms with van der Waals surface area (Å²) in [4.78, 5) is 47.9. The van der Waals surface area contributed by atoms with Crippen LogP contribution in [0.25, 0.3) is 10.8 Å². The number of rotatable bonds is 12. The minimum absolute atomic E-state index is 0.0120. The number of β-amino-alcohol motifs (C(OH)–C–C–N with tert-alkyl or cyclic N) is 1. The summed E-state index contributed by atoms with van der Waals surface area (Å²) < 4.78 is 6.89. The van der Waals surface area contributed by atoms with Crippen LogP contribution in [0.4, 0.5) is 5.69 Å². The Morgan fingerprint density at radius 1 is 1.07 bits per heavy atom. The summed E-state index contributed by atoms with van der Waals surface area (Å²) >= 11 is 0. The average molecular weight is 560 g/mol. The quantitative estimate of drug-likeness (QED) is 0.398. The molecule has 2 bridgehead atoms. The van der Waals surface area contributed by atoms with Crippen molar-refractivity contribution >= 4 is 34.2 Å². The molecule has 1 spiro atoms. The molecule has 3 aliphatic heterocycles. The molecule has 218 valence electrons. The van der Waals surface area contributed by atoms with Crippen LogP contribution in [0.15, 0.2) is 67.8 Å². The minimum atomic E-state index is -1.15. The molecule has 2 unspecified atom stereocenters. The van der Waals surface area contributed by atoms with Gasteiger partial charge in [-0.1, -0.05) is 56.3 Å². The van der Waals surface area contributed by atoms with Crippen molar-refractivity contribution in [1.29, 1.82) is 0 Å². The second-order valence-corrected chi connectivity index (χ2v) is 11.4. The first-order chi connectivity index (χ1) is 19.8. The fraction of sp³-hybridized carbons (Fsp3) is 0.485. The number of carbonyl (C=O) groups excluding carboxylic acids is 3. The van der Waals surface area contributed by atoms with Crippen LogP contribution in [0.3, 0.4) is 0 Å². The number of hydrogen-bond acceptors (Lipinski definition) is 5. The summed E-state index contributed by atoms with van der Waals surface area (Å²) in [6, 6.07) is 12.8. The predicted molar refractivity (Wildman–Crippen MR) is 159 cm³/mol. The molecular weight excluding hydrogens is 518 g/mol. The van der Waals surface area contributed by atoms with Gasteiger partial charge in [0, 0.05) is 31.9 Å². The molecule has 0 aromatic heterocycles. The van der Waals surface area contributed by atoms with Gasteiger partial charge in [-0.2, -0.15) is 0 Å². The lowest BCUT2D eigenvalue weighted by atomic mass is 9.64. The van der Waals surface area contributed by atoms with Gasteiger partial charge in [0.1, 0.15) is 11.6 Å². The zero-order chi connectivity index (χ0) is 29.4. The van der Waals surface area contributed by atoms with Crippen molar-refractivity contribution in [2.45, 2.75) is 56.8 Å². The Balaban J connectivity index is 1.59. The standard InChI is InChI=1S/C33H41N3O5/c1-5-17-34(18-6-2)29(38)26-27-30(39)36(20-21-37)28(33(27)16-15-32(26,8-4)41-33)31(40)35(19-7-3)25-14-13-23-11-9-10-12-24(23)22-25/h5,7,9-14,22,26-28,37H,1,3,6,8,15-21H2,2,4H3/t26-,27-,28?,32+,33?/m0/s1. The summed E-state index contributed by atoms with van der Waals surface area (Å²) in [5, 5.41) is 12.0. The molecule has 2 aromatic rings. The van der Waals surface area contributed by atoms with Gasteiger partial charge in [0.15, 0.2) is 0 Å². The van der Waals surface area contributed by atoms with Crippen molar-refractivity contribution in [3.8, 4) is 0 Å². The van der Waals surface area contributed by atoms with Gasteiger partial charge < -0.3 is 24.5 Å². The first-order valence-electron chi connectivity index (χ1n) is 14.7. The van der Waals surface area contributed by atoms with Crippen LogP contribution in [0.2, 0.25) is 0 Å². The van der Waals surface area contributed by atoms with E-state index in [2.05, 4.69) is 13.2 Å². The van der Waals surface area contributed by atoms with E-state index in [0.29, 0.717) is 38.0 Å². The van der Waals surface area contributed by atoms with Crippen molar-refractivity contribution in [3.05, 3.63) is 67.8 Å². The van der Waals surface area contributed by atoms with Crippen molar-refractivity contribution in [3.63, 3.8) is 0 Å². The van der Waals surface area contributed by atoms with Gasteiger partial charge in [-0.15, -0.1) is 13.2 Å². The van der Waals surface area contributed by atoms with Gasteiger partial charge in [-0.3, -0.25) is 14.4 Å². The van der Waals surface area contributed by atoms with Gasteiger partial charge >= 0.3 is 0 Å². The Hall–Kier alpha value is -3.49. The number of carbonyl (C=O) groups is 3. The van der Waals surface area contributed by atoms with E-state index >= 15 is 0 Å². The third kappa shape index (κ3) is 4.48. The van der Waals surface area contributed by atoms with E-state index in [1.54, 1.807) is 22.0 Å². The molecule has 3 aliphatic rings. The van der Waals surface area contributed by atoms with Gasteiger partial charge in [0.2, 0.25) is 11.8 Å². The maximum Gasteiger partial charge on any atom is 0.253 e. The first kappa shape index (κ1) is 29.0. The number of nitrogens with zero attached hydrogens (tertiary/aromatic N) is 3. The predicted octanol–water partition coefficient (Wildman–Crippen LogP) is 3.93. The normalized spacial score (nSPS) is 28.1. The first-order valence-corrected chi connectivity index (χ1v) is 14.7. The van der Waals surface area contributed by atoms with Gasteiger partial charge in [-0.25, -0.2) is 0 Å². The highest BCUT2D eigenvalue weighted by molar-refractivity contribution is 6.06. The molecule has 1 N–H and O–H groups in total. The minimum Gasteiger partial charge on any atom is -0.395 e. The molecule has 3 saturated heterocycles. The summed E-state index contributed by atoms with van der Waals surface area (Å²) in [6.45, 7) is 12.6. The molecule has 5 atom stereocenters. The van der Waals surface area contributed by atoms with Crippen LogP contribution in [0.5, 0.6) is 0 Å². The largest absolute Gasteiger partial charge is 0.395 e. The van der Waals surface area contributed by atoms with E-state index in [0.717, 1.165) is 17.2 Å². The molecule has 8 nitrogen and oxygen atoms in total. The highest BCUT2D eigenvalue weighted by atomic mass is 16.5. The summed E-state index contributed by atoms with van der Waals surface area (Å²) in [7, 11) is 0. The van der Waals surface area contributed by atoms with Crippen LogP contribution in [-0.2, 0) is 19.1 Å². The lowest BCUT2D eigenvalue weighted by Crippen LogP contribution is -2.57. The van der Waals surface area contributed by atoms with E-state index in [4.69, 9.17) is 4.74 Å². The number of likely N-dealkylation sites (tertiary alicyclic amines) is 1. The Bertz CT molecular complexity index is 1360. The van der Waals surface area contributed by atoms with E-state index < -0.39 is 29.1 Å². The van der Waals surface area contributed by atoms with Gasteiger partial charge in [0.05, 0.1) is 24.0 Å². The van der Waals surface area contributed by atoms with Crippen LogP contribution in [-0.4, -0.2) is 82.7 Å². The Morgan fingerprint density at radius 3 is 2.46 bits per heavy atom. The van der Waals surface area contributed by atoms with Crippen molar-refractivity contribution in [2.75, 3.05) is 37.7 Å². The van der Waals surface area contributed by atoms with Crippen LogP contribution in [0.1, 0.15) is 39.5 Å². The Morgan fingerprint density at radius 2 is 1.80 bits per heavy atom. The second-order valence-electron chi connectivity index (χ2n) is 11.4. The number of anilines is 1. The molecule has 0 aliphatic carbocycles. The van der Waals surface area contributed by atoms with Crippen molar-refractivity contribution in [2.24, 2.45) is 11.8 Å². The summed E-state index contributed by atoms with van der Waals surface area (Å²) in [6.07, 6.45) is 5.79. The number of ether oxygens (including phenoxy) is 1. The van der Waals surface area contributed by atoms with Crippen molar-refractivity contribution < 1.29 is 24.2 Å². The molecule has 3 fully saturated rings. The Kier molecular flexibility index (Phi) is 8.08. The average Bonchev–Trinajstić information content (AvgIpc) is 3.59. The smallest absolute Gasteiger partial charge is 0.253 e. The van der Waals surface area contributed by atoms with E-state index in [1.807, 2.05) is 56.3 Å². The number of benzene rings is 2. The maximum absolute atomic E-state index is 14.7. The van der Waals surface area contributed by atoms with E-state index in [9.17, 15) is 19.5 Å². The number of aliphatic hydroxyl groups excluding tert-OH is 1. The highest BCUT2D eigenvalue weighted by Crippen LogP contribution is 2.64. The number of fused-ring (bicyclic) bond motifs is 2. The molecule has 8 heteroatoms. The van der Waals surface area contributed by atoms with Crippen LogP contribution < -0.4 is 4.90 Å².